The fourth-order valence-electron chi connectivity index (χ4n) is 2.32. The molecule has 1 aromatic rings. The third-order valence-electron chi connectivity index (χ3n) is 3.35. The molecule has 1 unspecified atom stereocenters. The van der Waals surface area contributed by atoms with Crippen LogP contribution in [0.3, 0.4) is 0 Å². The number of hydrogen-bond acceptors (Lipinski definition) is 4. The molecule has 0 saturated carbocycles. The maximum atomic E-state index is 12.4. The lowest BCUT2D eigenvalue weighted by molar-refractivity contribution is 0.270. The fraction of sp³-hybridized carbons (Fsp3) is 0.500. The number of rotatable bonds is 3. The number of nitrogens with one attached hydrogen (secondary N) is 1. The quantitative estimate of drug-likeness (QED) is 0.813. The van der Waals surface area contributed by atoms with E-state index in [0.717, 1.165) is 19.3 Å². The molecule has 0 aromatic carbocycles. The van der Waals surface area contributed by atoms with Crippen molar-refractivity contribution in [2.45, 2.75) is 32.2 Å². The van der Waals surface area contributed by atoms with E-state index in [1.54, 1.807) is 18.2 Å². The second-order valence-electron chi connectivity index (χ2n) is 4.98. The van der Waals surface area contributed by atoms with E-state index in [1.165, 1.54) is 4.31 Å². The molecule has 1 aromatic heterocycles. The van der Waals surface area contributed by atoms with Gasteiger partial charge in [0.2, 0.25) is 0 Å². The van der Waals surface area contributed by atoms with Gasteiger partial charge in [0.15, 0.2) is 0 Å². The van der Waals surface area contributed by atoms with E-state index in [-0.39, 0.29) is 18.4 Å². The van der Waals surface area contributed by atoms with Gasteiger partial charge in [-0.25, -0.2) is 4.98 Å². The third kappa shape index (κ3) is 4.17. The number of nitrogens with zero attached hydrogens (tertiary/aromatic N) is 2. The summed E-state index contributed by atoms with van der Waals surface area (Å²) in [6.45, 7) is 2.71. The van der Waals surface area contributed by atoms with Crippen molar-refractivity contribution >= 4 is 16.0 Å². The highest BCUT2D eigenvalue weighted by Gasteiger charge is 2.29. The van der Waals surface area contributed by atoms with E-state index in [0.29, 0.717) is 12.2 Å². The number of piperidine rings is 1. The highest BCUT2D eigenvalue weighted by Crippen LogP contribution is 2.21. The summed E-state index contributed by atoms with van der Waals surface area (Å²) >= 11 is 0. The first-order valence-corrected chi connectivity index (χ1v) is 8.42. The zero-order chi connectivity index (χ0) is 15.3. The van der Waals surface area contributed by atoms with Crippen molar-refractivity contribution in [3.05, 3.63) is 23.9 Å². The molecule has 114 valence electrons. The molecule has 1 fully saturated rings. The minimum absolute atomic E-state index is 0.0106. The summed E-state index contributed by atoms with van der Waals surface area (Å²) < 4.78 is 28.8. The van der Waals surface area contributed by atoms with E-state index in [4.69, 9.17) is 5.73 Å². The molecule has 0 bridgehead atoms. The van der Waals surface area contributed by atoms with Crippen molar-refractivity contribution in [3.63, 3.8) is 0 Å². The second-order valence-corrected chi connectivity index (χ2v) is 6.60. The van der Waals surface area contributed by atoms with E-state index in [1.807, 2.05) is 6.92 Å². The van der Waals surface area contributed by atoms with Crippen LogP contribution in [0.5, 0.6) is 0 Å². The summed E-state index contributed by atoms with van der Waals surface area (Å²) in [6.07, 6.45) is 2.84. The van der Waals surface area contributed by atoms with Gasteiger partial charge < -0.3 is 5.73 Å². The average molecular weight is 308 g/mol. The van der Waals surface area contributed by atoms with Gasteiger partial charge >= 0.3 is 10.2 Å². The highest BCUT2D eigenvalue weighted by atomic mass is 32.2. The Hall–Kier alpha value is -1.62. The van der Waals surface area contributed by atoms with Gasteiger partial charge in [-0.15, -0.1) is 0 Å². The van der Waals surface area contributed by atoms with E-state index >= 15 is 0 Å². The Morgan fingerprint density at radius 2 is 2.29 bits per heavy atom. The van der Waals surface area contributed by atoms with Gasteiger partial charge in [-0.05, 0) is 37.8 Å². The van der Waals surface area contributed by atoms with E-state index in [9.17, 15) is 8.42 Å². The molecule has 1 aliphatic rings. The topological polar surface area (TPSA) is 88.3 Å². The predicted octanol–water partition coefficient (Wildman–Crippen LogP) is 0.923. The molecular formula is C14H20N4O2S. The second kappa shape index (κ2) is 6.89. The molecule has 2 heterocycles. The molecule has 0 aliphatic carbocycles. The van der Waals surface area contributed by atoms with Crippen molar-refractivity contribution in [2.24, 2.45) is 5.73 Å². The first-order valence-electron chi connectivity index (χ1n) is 6.98. The monoisotopic (exact) mass is 308 g/mol. The summed E-state index contributed by atoms with van der Waals surface area (Å²) in [7, 11) is -3.57. The van der Waals surface area contributed by atoms with Crippen LogP contribution in [0.25, 0.3) is 0 Å². The maximum absolute atomic E-state index is 12.4. The van der Waals surface area contributed by atoms with Crippen LogP contribution >= 0.6 is 0 Å². The van der Waals surface area contributed by atoms with Gasteiger partial charge in [0, 0.05) is 12.6 Å². The molecule has 1 aliphatic heterocycles. The number of nitrogens with two attached hydrogens (primary N) is 1. The first kappa shape index (κ1) is 15.8. The summed E-state index contributed by atoms with van der Waals surface area (Å²) in [5, 5.41) is 0. The smallest absolute Gasteiger partial charge is 0.303 e. The van der Waals surface area contributed by atoms with Gasteiger partial charge in [0.25, 0.3) is 0 Å². The molecule has 2 rings (SSSR count). The SMILES string of the molecule is CC1CCCCN1S(=O)(=O)Nc1cccc(C#CCN)n1. The van der Waals surface area contributed by atoms with Crippen molar-refractivity contribution in [2.75, 3.05) is 17.8 Å². The number of hydrogen-bond donors (Lipinski definition) is 2. The Balaban J connectivity index is 2.16. The molecular weight excluding hydrogens is 288 g/mol. The van der Waals surface area contributed by atoms with Crippen LogP contribution in [0.2, 0.25) is 0 Å². The van der Waals surface area contributed by atoms with Crippen LogP contribution in [0.1, 0.15) is 31.9 Å². The molecule has 0 radical (unpaired) electrons. The van der Waals surface area contributed by atoms with E-state index < -0.39 is 10.2 Å². The van der Waals surface area contributed by atoms with Gasteiger partial charge in [0.1, 0.15) is 11.5 Å². The Morgan fingerprint density at radius 3 is 3.00 bits per heavy atom. The average Bonchev–Trinajstić information content (AvgIpc) is 2.45. The van der Waals surface area contributed by atoms with Gasteiger partial charge in [-0.2, -0.15) is 12.7 Å². The Labute approximate surface area is 125 Å². The van der Waals surface area contributed by atoms with Crippen LogP contribution in [-0.4, -0.2) is 36.8 Å². The van der Waals surface area contributed by atoms with Crippen LogP contribution in [0.4, 0.5) is 5.82 Å². The summed E-state index contributed by atoms with van der Waals surface area (Å²) in [5.74, 6) is 5.75. The number of anilines is 1. The maximum Gasteiger partial charge on any atom is 0.303 e. The fourth-order valence-corrected chi connectivity index (χ4v) is 3.77. The van der Waals surface area contributed by atoms with Crippen molar-refractivity contribution < 1.29 is 8.42 Å². The minimum Gasteiger partial charge on any atom is -0.320 e. The Bertz CT molecular complexity index is 648. The zero-order valence-corrected chi connectivity index (χ0v) is 12.9. The Morgan fingerprint density at radius 1 is 1.48 bits per heavy atom. The molecule has 1 atom stereocenters. The lowest BCUT2D eigenvalue weighted by Crippen LogP contribution is -2.44. The Kier molecular flexibility index (Phi) is 5.17. The summed E-state index contributed by atoms with van der Waals surface area (Å²) in [5.41, 5.74) is 5.80. The molecule has 6 nitrogen and oxygen atoms in total. The molecule has 3 N–H and O–H groups in total. The summed E-state index contributed by atoms with van der Waals surface area (Å²) in [4.78, 5) is 4.17. The lowest BCUT2D eigenvalue weighted by atomic mass is 10.1. The molecule has 0 spiro atoms. The molecule has 1 saturated heterocycles. The number of pyridine rings is 1. The lowest BCUT2D eigenvalue weighted by Gasteiger charge is -2.32. The van der Waals surface area contributed by atoms with Crippen molar-refractivity contribution in [3.8, 4) is 11.8 Å². The predicted molar refractivity (Wildman–Crippen MR) is 82.7 cm³/mol. The van der Waals surface area contributed by atoms with Crippen molar-refractivity contribution in [1.82, 2.24) is 9.29 Å². The molecule has 21 heavy (non-hydrogen) atoms. The van der Waals surface area contributed by atoms with Gasteiger partial charge in [-0.3, -0.25) is 4.72 Å². The highest BCUT2D eigenvalue weighted by molar-refractivity contribution is 7.90. The standard InChI is InChI=1S/C14H20N4O2S/c1-12-6-2-3-11-18(12)21(19,20)17-14-9-4-7-13(16-14)8-5-10-15/h4,7,9,12H,2-3,6,10-11,15H2,1H3,(H,16,17). The normalized spacial score (nSPS) is 19.6. The van der Waals surface area contributed by atoms with Crippen molar-refractivity contribution in [1.29, 1.82) is 0 Å². The summed E-state index contributed by atoms with van der Waals surface area (Å²) in [6, 6.07) is 5.05. The third-order valence-corrected chi connectivity index (χ3v) is 4.98. The zero-order valence-electron chi connectivity index (χ0n) is 12.0. The molecule has 7 heteroatoms. The first-order chi connectivity index (χ1) is 10.0. The van der Waals surface area contributed by atoms with Gasteiger partial charge in [-0.1, -0.05) is 18.4 Å². The van der Waals surface area contributed by atoms with E-state index in [2.05, 4.69) is 21.5 Å². The minimum atomic E-state index is -3.57. The van der Waals surface area contributed by atoms with Crippen LogP contribution in [0, 0.1) is 11.8 Å². The van der Waals surface area contributed by atoms with Crippen LogP contribution in [-0.2, 0) is 10.2 Å². The number of aromatic nitrogens is 1. The van der Waals surface area contributed by atoms with Crippen LogP contribution < -0.4 is 10.5 Å². The van der Waals surface area contributed by atoms with Gasteiger partial charge in [0.05, 0.1) is 6.54 Å². The van der Waals surface area contributed by atoms with Crippen LogP contribution in [0.15, 0.2) is 18.2 Å². The largest absolute Gasteiger partial charge is 0.320 e. The molecule has 0 amide bonds.